The molecule has 1 unspecified atom stereocenters. The average molecular weight is 493 g/mol. The van der Waals surface area contributed by atoms with Crippen molar-refractivity contribution in [2.45, 2.75) is 79.6 Å². The Hall–Kier alpha value is -1.44. The van der Waals surface area contributed by atoms with E-state index in [0.717, 1.165) is 37.1 Å². The van der Waals surface area contributed by atoms with Gasteiger partial charge in [0.2, 0.25) is 0 Å². The fourth-order valence-corrected chi connectivity index (χ4v) is 6.78. The predicted octanol–water partition coefficient (Wildman–Crippen LogP) is 8.05. The Morgan fingerprint density at radius 1 is 0.909 bits per heavy atom. The zero-order chi connectivity index (χ0) is 23.6. The molecule has 2 aromatic carbocycles. The Labute approximate surface area is 203 Å². The highest BCUT2D eigenvalue weighted by Crippen LogP contribution is 2.44. The normalized spacial score (nSPS) is 26.1. The van der Waals surface area contributed by atoms with Gasteiger partial charge in [-0.05, 0) is 76.3 Å². The van der Waals surface area contributed by atoms with Crippen LogP contribution in [0.5, 0.6) is 0 Å². The molecule has 2 aliphatic rings. The summed E-state index contributed by atoms with van der Waals surface area (Å²) in [4.78, 5) is 6.17. The van der Waals surface area contributed by atoms with E-state index in [2.05, 4.69) is 55.4 Å². The number of benzene rings is 2. The molecule has 0 bridgehead atoms. The van der Waals surface area contributed by atoms with Gasteiger partial charge in [-0.1, -0.05) is 42.3 Å². The molecule has 1 atom stereocenters. The number of hydrogen-bond acceptors (Lipinski definition) is 4. The third kappa shape index (κ3) is 6.37. The summed E-state index contributed by atoms with van der Waals surface area (Å²) in [7, 11) is 0. The molecule has 1 heterocycles. The van der Waals surface area contributed by atoms with Crippen LogP contribution in [0.15, 0.2) is 64.5 Å². The molecule has 7 heteroatoms. The largest absolute Gasteiger partial charge is 0.416 e. The van der Waals surface area contributed by atoms with E-state index in [1.165, 1.54) is 23.4 Å². The van der Waals surface area contributed by atoms with Crippen LogP contribution >= 0.6 is 23.7 Å². The van der Waals surface area contributed by atoms with Crippen molar-refractivity contribution in [1.82, 2.24) is 4.31 Å². The summed E-state index contributed by atoms with van der Waals surface area (Å²) in [5.74, 6) is 0. The maximum absolute atomic E-state index is 12.8. The minimum absolute atomic E-state index is 0.0743. The van der Waals surface area contributed by atoms with Crippen molar-refractivity contribution in [2.24, 2.45) is 4.99 Å². The van der Waals surface area contributed by atoms with Crippen molar-refractivity contribution in [3.05, 3.63) is 65.7 Å². The molecule has 0 N–H and O–H groups in total. The Balaban J connectivity index is 1.38. The van der Waals surface area contributed by atoms with Gasteiger partial charge in [0.1, 0.15) is 0 Å². The van der Waals surface area contributed by atoms with Gasteiger partial charge in [0, 0.05) is 27.9 Å². The van der Waals surface area contributed by atoms with Crippen molar-refractivity contribution < 1.29 is 13.2 Å². The number of alkyl halides is 3. The minimum Gasteiger partial charge on any atom is -0.288 e. The van der Waals surface area contributed by atoms with E-state index in [1.54, 1.807) is 23.9 Å². The first-order valence-electron chi connectivity index (χ1n) is 11.5. The monoisotopic (exact) mass is 492 g/mol. The van der Waals surface area contributed by atoms with Gasteiger partial charge in [0.05, 0.1) is 16.9 Å². The van der Waals surface area contributed by atoms with E-state index in [0.29, 0.717) is 11.3 Å². The first-order valence-corrected chi connectivity index (χ1v) is 13.2. The molecule has 33 heavy (non-hydrogen) atoms. The zero-order valence-electron chi connectivity index (χ0n) is 19.3. The second-order valence-electron chi connectivity index (χ2n) is 9.79. The Morgan fingerprint density at radius 3 is 2.12 bits per heavy atom. The van der Waals surface area contributed by atoms with Crippen molar-refractivity contribution in [1.29, 1.82) is 0 Å². The molecule has 1 saturated carbocycles. The van der Waals surface area contributed by atoms with E-state index >= 15 is 0 Å². The number of aliphatic imine (C=N–C) groups is 1. The number of hydrogen-bond donors (Lipinski definition) is 0. The van der Waals surface area contributed by atoms with Gasteiger partial charge in [-0.2, -0.15) is 13.2 Å². The Bertz CT molecular complexity index is 944. The van der Waals surface area contributed by atoms with Crippen molar-refractivity contribution in [3.63, 3.8) is 0 Å². The van der Waals surface area contributed by atoms with Crippen LogP contribution in [-0.2, 0) is 6.18 Å². The second-order valence-corrected chi connectivity index (χ2v) is 12.3. The van der Waals surface area contributed by atoms with Crippen LogP contribution in [0.1, 0.15) is 62.8 Å². The van der Waals surface area contributed by atoms with Gasteiger partial charge in [0.15, 0.2) is 0 Å². The smallest absolute Gasteiger partial charge is 0.288 e. The summed E-state index contributed by atoms with van der Waals surface area (Å²) in [5, 5.41) is 0.705. The molecule has 1 saturated heterocycles. The molecule has 178 valence electrons. The zero-order valence-corrected chi connectivity index (χ0v) is 20.9. The molecule has 0 spiro atoms. The third-order valence-corrected chi connectivity index (χ3v) is 9.20. The topological polar surface area (TPSA) is 15.6 Å². The minimum atomic E-state index is -4.28. The molecule has 0 aromatic heterocycles. The molecule has 1 aliphatic carbocycles. The highest BCUT2D eigenvalue weighted by Gasteiger charge is 2.37. The molecule has 2 fully saturated rings. The van der Waals surface area contributed by atoms with Gasteiger partial charge >= 0.3 is 6.18 Å². The average Bonchev–Trinajstić information content (AvgIpc) is 3.20. The third-order valence-electron chi connectivity index (χ3n) is 6.17. The van der Waals surface area contributed by atoms with Gasteiger partial charge in [-0.25, -0.2) is 4.31 Å². The Morgan fingerprint density at radius 2 is 1.55 bits per heavy atom. The predicted molar refractivity (Wildman–Crippen MR) is 134 cm³/mol. The summed E-state index contributed by atoms with van der Waals surface area (Å²) in [6.07, 6.45) is -0.134. The number of thioether (sulfide) groups is 1. The maximum Gasteiger partial charge on any atom is 0.416 e. The van der Waals surface area contributed by atoms with E-state index in [1.807, 2.05) is 11.9 Å². The standard InChI is InChI=1S/C26H31F3N2S2/c1-25(2,3)31-17-23(24(33-31)18-7-5-4-6-8-18)30-20-11-15-22(16-12-20)32-21-13-9-19(10-14-21)26(27,28)29/h4-10,13-14,20,22,24H,11-12,15-17H2,1-3H3. The molecular formula is C26H31F3N2S2. The van der Waals surface area contributed by atoms with Crippen LogP contribution in [0.4, 0.5) is 13.2 Å². The molecule has 2 aromatic rings. The summed E-state index contributed by atoms with van der Waals surface area (Å²) >= 11 is 3.59. The lowest BCUT2D eigenvalue weighted by Gasteiger charge is -2.29. The number of nitrogens with zero attached hydrogens (tertiary/aromatic N) is 2. The Kier molecular flexibility index (Phi) is 7.51. The van der Waals surface area contributed by atoms with Crippen molar-refractivity contribution in [3.8, 4) is 0 Å². The molecule has 0 amide bonds. The van der Waals surface area contributed by atoms with Crippen LogP contribution in [0, 0.1) is 0 Å². The first kappa shape index (κ1) is 24.7. The SMILES string of the molecule is CC(C)(C)N1CC(=NC2CCC(Sc3ccc(C(F)(F)F)cc3)CC2)C(c2ccccc2)S1. The molecule has 0 radical (unpaired) electrons. The van der Waals surface area contributed by atoms with Gasteiger partial charge in [-0.3, -0.25) is 4.99 Å². The quantitative estimate of drug-likeness (QED) is 0.402. The first-order chi connectivity index (χ1) is 15.6. The fourth-order valence-electron chi connectivity index (χ4n) is 4.28. The van der Waals surface area contributed by atoms with E-state index in [4.69, 9.17) is 4.99 Å². The molecule has 4 rings (SSSR count). The van der Waals surface area contributed by atoms with E-state index < -0.39 is 11.7 Å². The number of rotatable bonds is 4. The van der Waals surface area contributed by atoms with Crippen LogP contribution in [-0.4, -0.2) is 33.4 Å². The molecular weight excluding hydrogens is 461 g/mol. The van der Waals surface area contributed by atoms with Crippen LogP contribution in [0.2, 0.25) is 0 Å². The summed E-state index contributed by atoms with van der Waals surface area (Å²) in [6.45, 7) is 7.62. The van der Waals surface area contributed by atoms with Crippen LogP contribution in [0.25, 0.3) is 0 Å². The lowest BCUT2D eigenvalue weighted by atomic mass is 9.95. The van der Waals surface area contributed by atoms with E-state index in [-0.39, 0.29) is 10.8 Å². The van der Waals surface area contributed by atoms with Gasteiger partial charge in [-0.15, -0.1) is 11.8 Å². The fraction of sp³-hybridized carbons (Fsp3) is 0.500. The highest BCUT2D eigenvalue weighted by molar-refractivity contribution is 8.00. The number of halogens is 3. The highest BCUT2D eigenvalue weighted by atomic mass is 32.2. The second kappa shape index (κ2) is 10.0. The lowest BCUT2D eigenvalue weighted by molar-refractivity contribution is -0.137. The van der Waals surface area contributed by atoms with Gasteiger partial charge < -0.3 is 0 Å². The lowest BCUT2D eigenvalue weighted by Crippen LogP contribution is -2.35. The molecule has 1 aliphatic heterocycles. The van der Waals surface area contributed by atoms with Crippen molar-refractivity contribution >= 4 is 29.4 Å². The summed E-state index contributed by atoms with van der Waals surface area (Å²) in [6, 6.07) is 16.5. The van der Waals surface area contributed by atoms with E-state index in [9.17, 15) is 13.2 Å². The molecule has 2 nitrogen and oxygen atoms in total. The summed E-state index contributed by atoms with van der Waals surface area (Å²) in [5.41, 5.74) is 2.06. The summed E-state index contributed by atoms with van der Waals surface area (Å²) < 4.78 is 40.8. The van der Waals surface area contributed by atoms with Gasteiger partial charge in [0.25, 0.3) is 0 Å². The van der Waals surface area contributed by atoms with Crippen molar-refractivity contribution in [2.75, 3.05) is 6.54 Å². The van der Waals surface area contributed by atoms with Crippen LogP contribution in [0.3, 0.4) is 0 Å². The maximum atomic E-state index is 12.8. The van der Waals surface area contributed by atoms with Crippen LogP contribution < -0.4 is 0 Å².